The average Bonchev–Trinajstić information content (AvgIpc) is 2.05. The maximum absolute atomic E-state index is 10.3. The van der Waals surface area contributed by atoms with E-state index in [-0.39, 0.29) is 10.9 Å². The lowest BCUT2D eigenvalue weighted by atomic mass is 10.3. The monoisotopic (exact) mass is 169 g/mol. The van der Waals surface area contributed by atoms with Crippen LogP contribution in [0.5, 0.6) is 0 Å². The maximum atomic E-state index is 10.3. The van der Waals surface area contributed by atoms with Crippen LogP contribution < -0.4 is 0 Å². The zero-order valence-electron chi connectivity index (χ0n) is 6.61. The predicted molar refractivity (Wildman–Crippen MR) is 48.7 cm³/mol. The first-order valence-corrected chi connectivity index (χ1v) is 5.55. The molecule has 0 aliphatic heterocycles. The third-order valence-corrected chi connectivity index (χ3v) is 2.67. The molecule has 0 amide bonds. The van der Waals surface area contributed by atoms with Gasteiger partial charge in [0.25, 0.3) is 0 Å². The van der Waals surface area contributed by atoms with E-state index in [0.717, 1.165) is 6.29 Å². The van der Waals surface area contributed by atoms with Gasteiger partial charge in [0.05, 0.1) is 0 Å². The second-order valence-corrected chi connectivity index (χ2v) is 4.79. The molecule has 0 unspecified atom stereocenters. The summed E-state index contributed by atoms with van der Waals surface area (Å²) in [6.45, 7) is 0. The number of aromatic nitrogens is 1. The number of carbonyl (C=O) groups is 1. The summed E-state index contributed by atoms with van der Waals surface area (Å²) in [7, 11) is -0.139. The van der Waals surface area contributed by atoms with Crippen LogP contribution in [0.2, 0.25) is 0 Å². The van der Waals surface area contributed by atoms with Gasteiger partial charge in [-0.15, -0.1) is 0 Å². The van der Waals surface area contributed by atoms with Crippen molar-refractivity contribution in [1.82, 2.24) is 4.98 Å². The van der Waals surface area contributed by atoms with Gasteiger partial charge >= 0.3 is 0 Å². The van der Waals surface area contributed by atoms with E-state index in [1.807, 2.05) is 12.3 Å². The fourth-order valence-corrected chi connectivity index (χ4v) is 1.46. The molecule has 60 valence electrons. The molecule has 0 spiro atoms. The first-order chi connectivity index (χ1) is 5.24. The summed E-state index contributed by atoms with van der Waals surface area (Å²) >= 11 is 0. The molecule has 0 aliphatic carbocycles. The Bertz CT molecular complexity index is 260. The van der Waals surface area contributed by atoms with Crippen LogP contribution in [0, 0.1) is 0 Å². The highest BCUT2D eigenvalue weighted by Gasteiger charge is 1.96. The van der Waals surface area contributed by atoms with Crippen LogP contribution in [0.1, 0.15) is 10.4 Å². The maximum Gasteiger partial charge on any atom is 0.151 e. The smallest absolute Gasteiger partial charge is 0.151 e. The Kier molecular flexibility index (Phi) is 2.65. The Morgan fingerprint density at radius 1 is 1.45 bits per heavy atom. The third kappa shape index (κ3) is 2.05. The number of aldehydes is 1. The minimum absolute atomic E-state index is 0.139. The second kappa shape index (κ2) is 3.53. The summed E-state index contributed by atoms with van der Waals surface area (Å²) in [4.78, 5) is 15.5. The van der Waals surface area contributed by atoms with Gasteiger partial charge in [0.2, 0.25) is 0 Å². The summed E-state index contributed by atoms with van der Waals surface area (Å²) in [6, 6.07) is 1.89. The molecule has 0 bridgehead atoms. The van der Waals surface area contributed by atoms with Crippen molar-refractivity contribution in [3.63, 3.8) is 0 Å². The molecule has 11 heavy (non-hydrogen) atoms. The van der Waals surface area contributed by atoms with Gasteiger partial charge in [-0.3, -0.25) is 9.78 Å². The van der Waals surface area contributed by atoms with Crippen LogP contribution in [0.3, 0.4) is 0 Å². The normalized spacial score (nSPS) is 10.9. The van der Waals surface area contributed by atoms with Crippen LogP contribution in [-0.2, 0) is 0 Å². The first-order valence-electron chi connectivity index (χ1n) is 3.31. The standard InChI is InChI=1S/C8H11NOS/c1-11(2)8-3-7(6-10)4-9-5-8/h3-6,11H,1-2H3. The molecule has 0 atom stereocenters. The highest BCUT2D eigenvalue weighted by atomic mass is 32.2. The minimum Gasteiger partial charge on any atom is -0.298 e. The summed E-state index contributed by atoms with van der Waals surface area (Å²) in [6.07, 6.45) is 8.51. The van der Waals surface area contributed by atoms with Gasteiger partial charge in [-0.25, -0.2) is 10.9 Å². The summed E-state index contributed by atoms with van der Waals surface area (Å²) in [5.41, 5.74) is 0.665. The van der Waals surface area contributed by atoms with Gasteiger partial charge in [0.15, 0.2) is 6.29 Å². The minimum atomic E-state index is -0.139. The van der Waals surface area contributed by atoms with Crippen molar-refractivity contribution in [2.24, 2.45) is 0 Å². The molecule has 1 rings (SSSR count). The molecule has 1 heterocycles. The Hall–Kier alpha value is -0.830. The van der Waals surface area contributed by atoms with Crippen molar-refractivity contribution in [3.8, 4) is 0 Å². The van der Waals surface area contributed by atoms with Crippen molar-refractivity contribution >= 4 is 17.2 Å². The molecule has 0 saturated heterocycles. The number of hydrogen-bond acceptors (Lipinski definition) is 2. The Morgan fingerprint density at radius 2 is 2.18 bits per heavy atom. The van der Waals surface area contributed by atoms with Crippen molar-refractivity contribution in [2.45, 2.75) is 4.90 Å². The SMILES string of the molecule is C[SH](C)c1cncc(C=O)c1. The van der Waals surface area contributed by atoms with Crippen LogP contribution >= 0.6 is 10.9 Å². The van der Waals surface area contributed by atoms with E-state index in [1.54, 1.807) is 6.20 Å². The first kappa shape index (κ1) is 8.27. The molecule has 1 aromatic rings. The Balaban J connectivity index is 3.00. The molecule has 0 radical (unpaired) electrons. The summed E-state index contributed by atoms with van der Waals surface area (Å²) < 4.78 is 0. The number of pyridine rings is 1. The van der Waals surface area contributed by atoms with Gasteiger partial charge in [0, 0.05) is 22.9 Å². The van der Waals surface area contributed by atoms with E-state index in [2.05, 4.69) is 17.5 Å². The summed E-state index contributed by atoms with van der Waals surface area (Å²) in [5, 5.41) is 0. The van der Waals surface area contributed by atoms with Crippen LogP contribution in [0.25, 0.3) is 0 Å². The molecular formula is C8H11NOS. The van der Waals surface area contributed by atoms with E-state index in [9.17, 15) is 4.79 Å². The van der Waals surface area contributed by atoms with Crippen molar-refractivity contribution in [3.05, 3.63) is 24.0 Å². The van der Waals surface area contributed by atoms with E-state index >= 15 is 0 Å². The molecule has 0 fully saturated rings. The molecule has 2 nitrogen and oxygen atoms in total. The lowest BCUT2D eigenvalue weighted by molar-refractivity contribution is 0.112. The van der Waals surface area contributed by atoms with E-state index in [4.69, 9.17) is 0 Å². The lowest BCUT2D eigenvalue weighted by Gasteiger charge is -2.07. The molecule has 0 saturated carbocycles. The molecule has 0 aromatic carbocycles. The molecular weight excluding hydrogens is 158 g/mol. The highest BCUT2D eigenvalue weighted by molar-refractivity contribution is 8.15. The Morgan fingerprint density at radius 3 is 2.73 bits per heavy atom. The molecule has 0 aliphatic rings. The molecule has 1 aromatic heterocycles. The summed E-state index contributed by atoms with van der Waals surface area (Å²) in [5.74, 6) is 0. The molecule has 0 N–H and O–H groups in total. The Labute approximate surface area is 69.0 Å². The number of carbonyl (C=O) groups excluding carboxylic acids is 1. The fourth-order valence-electron chi connectivity index (χ4n) is 0.754. The average molecular weight is 169 g/mol. The number of thiol groups is 1. The number of nitrogens with zero attached hydrogens (tertiary/aromatic N) is 1. The van der Waals surface area contributed by atoms with Crippen LogP contribution in [0.4, 0.5) is 0 Å². The zero-order valence-corrected chi connectivity index (χ0v) is 7.51. The predicted octanol–water partition coefficient (Wildman–Crippen LogP) is 1.51. The van der Waals surface area contributed by atoms with Gasteiger partial charge in [-0.1, -0.05) is 0 Å². The van der Waals surface area contributed by atoms with E-state index < -0.39 is 0 Å². The van der Waals surface area contributed by atoms with Crippen LogP contribution in [-0.4, -0.2) is 23.8 Å². The number of rotatable bonds is 2. The van der Waals surface area contributed by atoms with Crippen molar-refractivity contribution in [1.29, 1.82) is 0 Å². The van der Waals surface area contributed by atoms with Crippen molar-refractivity contribution < 1.29 is 4.79 Å². The van der Waals surface area contributed by atoms with E-state index in [1.165, 1.54) is 4.90 Å². The van der Waals surface area contributed by atoms with Crippen LogP contribution in [0.15, 0.2) is 23.4 Å². The fraction of sp³-hybridized carbons (Fsp3) is 0.250. The quantitative estimate of drug-likeness (QED) is 0.537. The van der Waals surface area contributed by atoms with Gasteiger partial charge in [0.1, 0.15) is 0 Å². The van der Waals surface area contributed by atoms with Gasteiger partial charge in [-0.2, -0.15) is 0 Å². The highest BCUT2D eigenvalue weighted by Crippen LogP contribution is 2.26. The third-order valence-electron chi connectivity index (χ3n) is 1.40. The molecule has 3 heteroatoms. The largest absolute Gasteiger partial charge is 0.298 e. The van der Waals surface area contributed by atoms with Gasteiger partial charge in [-0.05, 0) is 18.6 Å². The lowest BCUT2D eigenvalue weighted by Crippen LogP contribution is -1.85. The van der Waals surface area contributed by atoms with Crippen molar-refractivity contribution in [2.75, 3.05) is 12.5 Å². The zero-order chi connectivity index (χ0) is 8.27. The van der Waals surface area contributed by atoms with Gasteiger partial charge < -0.3 is 0 Å². The topological polar surface area (TPSA) is 30.0 Å². The van der Waals surface area contributed by atoms with E-state index in [0.29, 0.717) is 5.56 Å². The number of hydrogen-bond donors (Lipinski definition) is 1. The second-order valence-electron chi connectivity index (χ2n) is 2.49.